The zero-order valence-corrected chi connectivity index (χ0v) is 17.5. The molecule has 1 aromatic heterocycles. The Hall–Kier alpha value is -3.66. The predicted octanol–water partition coefficient (Wildman–Crippen LogP) is 2.32. The number of hydrogen-bond donors (Lipinski definition) is 1. The van der Waals surface area contributed by atoms with Crippen molar-refractivity contribution in [1.82, 2.24) is 20.2 Å². The van der Waals surface area contributed by atoms with Crippen LogP contribution < -0.4 is 19.7 Å². The lowest BCUT2D eigenvalue weighted by atomic mass is 10.1. The third-order valence-corrected chi connectivity index (χ3v) is 5.26. The first-order chi connectivity index (χ1) is 15.0. The van der Waals surface area contributed by atoms with E-state index in [2.05, 4.69) is 20.8 Å². The summed E-state index contributed by atoms with van der Waals surface area (Å²) in [5.74, 6) is -0.115. The zero-order chi connectivity index (χ0) is 22.0. The van der Waals surface area contributed by atoms with Gasteiger partial charge in [0.1, 0.15) is 17.8 Å². The molecular weight excluding hydrogens is 424 g/mol. The summed E-state index contributed by atoms with van der Waals surface area (Å²) in [5, 5.41) is 14.2. The van der Waals surface area contributed by atoms with Crippen LogP contribution >= 0.6 is 11.6 Å². The zero-order valence-electron chi connectivity index (χ0n) is 16.8. The lowest BCUT2D eigenvalue weighted by Crippen LogP contribution is -2.28. The second kappa shape index (κ2) is 8.60. The van der Waals surface area contributed by atoms with E-state index in [4.69, 9.17) is 21.1 Å². The Labute approximate surface area is 182 Å². The molecule has 0 saturated carbocycles. The Morgan fingerprint density at radius 1 is 1.19 bits per heavy atom. The van der Waals surface area contributed by atoms with E-state index < -0.39 is 5.92 Å². The molecule has 1 aliphatic heterocycles. The van der Waals surface area contributed by atoms with Crippen molar-refractivity contribution in [3.8, 4) is 17.2 Å². The fraction of sp³-hybridized carbons (Fsp3) is 0.250. The predicted molar refractivity (Wildman–Crippen MR) is 113 cm³/mol. The molecule has 4 rings (SSSR count). The number of nitrogens with zero attached hydrogens (tertiary/aromatic N) is 5. The first-order valence-electron chi connectivity index (χ1n) is 9.36. The van der Waals surface area contributed by atoms with Gasteiger partial charge < -0.3 is 19.7 Å². The van der Waals surface area contributed by atoms with Gasteiger partial charge >= 0.3 is 0 Å². The van der Waals surface area contributed by atoms with Gasteiger partial charge in [0.2, 0.25) is 11.8 Å². The molecule has 160 valence electrons. The minimum Gasteiger partial charge on any atom is -0.495 e. The van der Waals surface area contributed by atoms with E-state index in [-0.39, 0.29) is 24.8 Å². The number of benzene rings is 2. The minimum atomic E-state index is -0.533. The van der Waals surface area contributed by atoms with Gasteiger partial charge in [0.15, 0.2) is 0 Å². The number of amides is 2. The molecule has 0 bridgehead atoms. The highest BCUT2D eigenvalue weighted by Crippen LogP contribution is 2.40. The van der Waals surface area contributed by atoms with Crippen LogP contribution in [0, 0.1) is 5.92 Å². The van der Waals surface area contributed by atoms with Gasteiger partial charge in [0.05, 0.1) is 36.5 Å². The van der Waals surface area contributed by atoms with Gasteiger partial charge in [0.25, 0.3) is 0 Å². The number of methoxy groups -OCH3 is 2. The van der Waals surface area contributed by atoms with Crippen LogP contribution in [0.5, 0.6) is 11.5 Å². The van der Waals surface area contributed by atoms with Crippen LogP contribution in [0.4, 0.5) is 11.4 Å². The van der Waals surface area contributed by atoms with Crippen molar-refractivity contribution in [3.63, 3.8) is 0 Å². The Balaban J connectivity index is 1.51. The number of anilines is 2. The van der Waals surface area contributed by atoms with Gasteiger partial charge in [-0.05, 0) is 34.7 Å². The highest BCUT2D eigenvalue weighted by Gasteiger charge is 2.36. The van der Waals surface area contributed by atoms with Crippen molar-refractivity contribution in [3.05, 3.63) is 47.7 Å². The minimum absolute atomic E-state index is 0.0747. The van der Waals surface area contributed by atoms with Crippen molar-refractivity contribution in [2.75, 3.05) is 31.0 Å². The lowest BCUT2D eigenvalue weighted by Gasteiger charge is -2.21. The molecule has 0 aliphatic carbocycles. The van der Waals surface area contributed by atoms with E-state index in [0.29, 0.717) is 33.6 Å². The quantitative estimate of drug-likeness (QED) is 0.623. The second-order valence-electron chi connectivity index (χ2n) is 6.86. The number of carbonyl (C=O) groups excluding carboxylic acids is 2. The molecule has 1 aliphatic rings. The summed E-state index contributed by atoms with van der Waals surface area (Å²) >= 11 is 6.23. The maximum absolute atomic E-state index is 12.8. The van der Waals surface area contributed by atoms with Gasteiger partial charge in [-0.1, -0.05) is 17.7 Å². The molecule has 10 nitrogen and oxygen atoms in total. The van der Waals surface area contributed by atoms with Crippen LogP contribution in [-0.2, 0) is 9.59 Å². The number of rotatable bonds is 6. The van der Waals surface area contributed by atoms with Crippen LogP contribution in [0.15, 0.2) is 42.7 Å². The summed E-state index contributed by atoms with van der Waals surface area (Å²) in [5.41, 5.74) is 1.77. The fourth-order valence-electron chi connectivity index (χ4n) is 3.42. The molecule has 1 saturated heterocycles. The average molecular weight is 443 g/mol. The maximum Gasteiger partial charge on any atom is 0.229 e. The van der Waals surface area contributed by atoms with E-state index in [0.717, 1.165) is 0 Å². The van der Waals surface area contributed by atoms with Crippen molar-refractivity contribution in [1.29, 1.82) is 0 Å². The first kappa shape index (κ1) is 20.6. The van der Waals surface area contributed by atoms with Crippen molar-refractivity contribution < 1.29 is 19.1 Å². The molecular formula is C20H19ClN6O4. The van der Waals surface area contributed by atoms with Crippen LogP contribution in [0.2, 0.25) is 5.02 Å². The average Bonchev–Trinajstić information content (AvgIpc) is 3.44. The summed E-state index contributed by atoms with van der Waals surface area (Å²) in [6.07, 6.45) is 1.53. The SMILES string of the molecule is COc1cc(OC)c(N2CC(C(=O)Nc3cccc(-n4cnnn4)c3)CC2=O)cc1Cl. The number of tetrazole rings is 1. The van der Waals surface area contributed by atoms with E-state index >= 15 is 0 Å². The molecule has 1 unspecified atom stereocenters. The number of halogens is 1. The Morgan fingerprint density at radius 2 is 2.00 bits per heavy atom. The van der Waals surface area contributed by atoms with Gasteiger partial charge in [-0.2, -0.15) is 0 Å². The molecule has 1 fully saturated rings. The molecule has 2 amide bonds. The van der Waals surface area contributed by atoms with Gasteiger partial charge in [-0.3, -0.25) is 9.59 Å². The van der Waals surface area contributed by atoms with Crippen LogP contribution in [0.1, 0.15) is 6.42 Å². The van der Waals surface area contributed by atoms with E-state index in [1.807, 2.05) is 6.07 Å². The highest BCUT2D eigenvalue weighted by molar-refractivity contribution is 6.32. The molecule has 3 aromatic rings. The highest BCUT2D eigenvalue weighted by atomic mass is 35.5. The third-order valence-electron chi connectivity index (χ3n) is 4.97. The molecule has 1 atom stereocenters. The summed E-state index contributed by atoms with van der Waals surface area (Å²) in [6, 6.07) is 10.3. The molecule has 2 aromatic carbocycles. The van der Waals surface area contributed by atoms with Crippen LogP contribution in [-0.4, -0.2) is 52.8 Å². The lowest BCUT2D eigenvalue weighted by molar-refractivity contribution is -0.122. The standard InChI is InChI=1S/C20H19ClN6O4/c1-30-17-9-18(31-2)16(8-15(17)21)26-10-12(6-19(26)28)20(29)23-13-4-3-5-14(7-13)27-11-22-24-25-27/h3-5,7-9,11-12H,6,10H2,1-2H3,(H,23,29). The number of hydrogen-bond acceptors (Lipinski definition) is 7. The van der Waals surface area contributed by atoms with Gasteiger partial charge in [0, 0.05) is 24.7 Å². The first-order valence-corrected chi connectivity index (χ1v) is 9.74. The molecule has 0 radical (unpaired) electrons. The van der Waals surface area contributed by atoms with Crippen molar-refractivity contribution >= 4 is 34.8 Å². The van der Waals surface area contributed by atoms with Crippen molar-refractivity contribution in [2.24, 2.45) is 5.92 Å². The molecule has 31 heavy (non-hydrogen) atoms. The number of nitrogens with one attached hydrogen (secondary N) is 1. The third kappa shape index (κ3) is 4.15. The van der Waals surface area contributed by atoms with Crippen LogP contribution in [0.3, 0.4) is 0 Å². The molecule has 2 heterocycles. The summed E-state index contributed by atoms with van der Waals surface area (Å²) in [4.78, 5) is 27.0. The van der Waals surface area contributed by atoms with Gasteiger partial charge in [-0.25, -0.2) is 4.68 Å². The van der Waals surface area contributed by atoms with Crippen LogP contribution in [0.25, 0.3) is 5.69 Å². The smallest absolute Gasteiger partial charge is 0.229 e. The summed E-state index contributed by atoms with van der Waals surface area (Å²) < 4.78 is 12.1. The van der Waals surface area contributed by atoms with E-state index in [1.165, 1.54) is 30.1 Å². The fourth-order valence-corrected chi connectivity index (χ4v) is 3.66. The molecule has 11 heteroatoms. The number of carbonyl (C=O) groups is 2. The Bertz CT molecular complexity index is 1120. The maximum atomic E-state index is 12.8. The van der Waals surface area contributed by atoms with Crippen molar-refractivity contribution in [2.45, 2.75) is 6.42 Å². The summed E-state index contributed by atoms with van der Waals surface area (Å²) in [7, 11) is 2.99. The van der Waals surface area contributed by atoms with E-state index in [9.17, 15) is 9.59 Å². The Kier molecular flexibility index (Phi) is 5.72. The second-order valence-corrected chi connectivity index (χ2v) is 7.27. The number of aromatic nitrogens is 4. The normalized spacial score (nSPS) is 15.8. The monoisotopic (exact) mass is 442 g/mol. The summed E-state index contributed by atoms with van der Waals surface area (Å²) in [6.45, 7) is 0.205. The Morgan fingerprint density at radius 3 is 2.71 bits per heavy atom. The molecule has 1 N–H and O–H groups in total. The van der Waals surface area contributed by atoms with E-state index in [1.54, 1.807) is 30.3 Å². The van der Waals surface area contributed by atoms with Gasteiger partial charge in [-0.15, -0.1) is 5.10 Å². The topological polar surface area (TPSA) is 111 Å². The largest absolute Gasteiger partial charge is 0.495 e. The number of ether oxygens (including phenoxy) is 2. The molecule has 0 spiro atoms.